The summed E-state index contributed by atoms with van der Waals surface area (Å²) in [7, 11) is -3.33. The summed E-state index contributed by atoms with van der Waals surface area (Å²) in [5, 5.41) is 0. The molecule has 0 aromatic heterocycles. The lowest BCUT2D eigenvalue weighted by molar-refractivity contribution is 0.0789. The zero-order chi connectivity index (χ0) is 18.0. The quantitative estimate of drug-likeness (QED) is 0.868. The fourth-order valence-corrected chi connectivity index (χ4v) is 3.69. The molecule has 7 heteroatoms. The maximum Gasteiger partial charge on any atom is 0.253 e. The number of hydrogen-bond acceptors (Lipinski definition) is 4. The number of anilines is 1. The Hall–Kier alpha value is -2.38. The maximum absolute atomic E-state index is 12.7. The van der Waals surface area contributed by atoms with Gasteiger partial charge in [-0.3, -0.25) is 9.52 Å². The second-order valence-corrected chi connectivity index (χ2v) is 8.09. The van der Waals surface area contributed by atoms with Gasteiger partial charge in [0.2, 0.25) is 10.0 Å². The van der Waals surface area contributed by atoms with E-state index in [1.165, 1.54) is 0 Å². The highest BCUT2D eigenvalue weighted by Gasteiger charge is 2.34. The maximum atomic E-state index is 12.7. The van der Waals surface area contributed by atoms with E-state index in [1.807, 2.05) is 30.3 Å². The SMILES string of the molecule is CS(=O)(=O)Nc1ccc(C(=O)N2C[C@@H](N)[C@H](c3ccccc3)C2)cc1. The third-order valence-corrected chi connectivity index (χ3v) is 4.92. The van der Waals surface area contributed by atoms with Crippen molar-refractivity contribution >= 4 is 21.6 Å². The van der Waals surface area contributed by atoms with Gasteiger partial charge >= 0.3 is 0 Å². The summed E-state index contributed by atoms with van der Waals surface area (Å²) in [4.78, 5) is 14.4. The van der Waals surface area contributed by atoms with Crippen LogP contribution >= 0.6 is 0 Å². The number of rotatable bonds is 4. The van der Waals surface area contributed by atoms with Crippen LogP contribution in [0.25, 0.3) is 0 Å². The molecule has 132 valence electrons. The van der Waals surface area contributed by atoms with E-state index in [1.54, 1.807) is 29.2 Å². The van der Waals surface area contributed by atoms with Crippen LogP contribution in [0.2, 0.25) is 0 Å². The summed E-state index contributed by atoms with van der Waals surface area (Å²) in [6, 6.07) is 16.3. The predicted molar refractivity (Wildman–Crippen MR) is 98.0 cm³/mol. The van der Waals surface area contributed by atoms with Crippen LogP contribution < -0.4 is 10.5 Å². The van der Waals surface area contributed by atoms with Gasteiger partial charge < -0.3 is 10.6 Å². The topological polar surface area (TPSA) is 92.5 Å². The normalized spacial score (nSPS) is 20.5. The molecule has 1 aliphatic rings. The van der Waals surface area contributed by atoms with Crippen molar-refractivity contribution in [1.82, 2.24) is 4.90 Å². The van der Waals surface area contributed by atoms with Crippen molar-refractivity contribution < 1.29 is 13.2 Å². The van der Waals surface area contributed by atoms with Crippen LogP contribution in [0.15, 0.2) is 54.6 Å². The largest absolute Gasteiger partial charge is 0.336 e. The van der Waals surface area contributed by atoms with Crippen molar-refractivity contribution in [3.05, 3.63) is 65.7 Å². The van der Waals surface area contributed by atoms with E-state index in [0.717, 1.165) is 11.8 Å². The molecule has 6 nitrogen and oxygen atoms in total. The van der Waals surface area contributed by atoms with Gasteiger partial charge in [0, 0.05) is 36.3 Å². The fourth-order valence-electron chi connectivity index (χ4n) is 3.13. The molecule has 0 spiro atoms. The standard InChI is InChI=1S/C18H21N3O3S/c1-25(23,24)20-15-9-7-14(8-10-15)18(22)21-11-16(17(19)12-21)13-5-3-2-4-6-13/h2-10,16-17,20H,11-12,19H2,1H3/t16-,17+/m0/s1. The second kappa shape index (κ2) is 6.85. The Morgan fingerprint density at radius 3 is 2.32 bits per heavy atom. The molecular formula is C18H21N3O3S. The van der Waals surface area contributed by atoms with E-state index in [-0.39, 0.29) is 17.9 Å². The number of sulfonamides is 1. The van der Waals surface area contributed by atoms with Gasteiger partial charge in [-0.15, -0.1) is 0 Å². The molecule has 2 aromatic carbocycles. The van der Waals surface area contributed by atoms with E-state index in [2.05, 4.69) is 4.72 Å². The van der Waals surface area contributed by atoms with Crippen LogP contribution in [-0.4, -0.2) is 44.6 Å². The van der Waals surface area contributed by atoms with Gasteiger partial charge in [-0.2, -0.15) is 0 Å². The molecule has 0 aliphatic carbocycles. The van der Waals surface area contributed by atoms with Crippen molar-refractivity contribution in [3.8, 4) is 0 Å². The zero-order valence-corrected chi connectivity index (χ0v) is 14.7. The summed E-state index contributed by atoms with van der Waals surface area (Å²) in [5.41, 5.74) is 8.32. The molecule has 2 aromatic rings. The first kappa shape index (κ1) is 17.4. The number of nitrogens with one attached hydrogen (secondary N) is 1. The van der Waals surface area contributed by atoms with Crippen LogP contribution in [0.3, 0.4) is 0 Å². The first-order chi connectivity index (χ1) is 11.8. The van der Waals surface area contributed by atoms with Crippen molar-refractivity contribution in [1.29, 1.82) is 0 Å². The molecule has 0 saturated carbocycles. The number of amides is 1. The molecule has 3 rings (SSSR count). The molecule has 0 radical (unpaired) electrons. The molecule has 1 amide bonds. The van der Waals surface area contributed by atoms with Crippen molar-refractivity contribution in [2.75, 3.05) is 24.1 Å². The van der Waals surface area contributed by atoms with Gasteiger partial charge in [0.15, 0.2) is 0 Å². The molecule has 1 fully saturated rings. The van der Waals surface area contributed by atoms with E-state index in [4.69, 9.17) is 5.73 Å². The van der Waals surface area contributed by atoms with Gasteiger partial charge in [-0.05, 0) is 29.8 Å². The Morgan fingerprint density at radius 2 is 1.72 bits per heavy atom. The zero-order valence-electron chi connectivity index (χ0n) is 13.9. The number of nitrogens with two attached hydrogens (primary N) is 1. The Morgan fingerprint density at radius 1 is 1.08 bits per heavy atom. The minimum atomic E-state index is -3.33. The summed E-state index contributed by atoms with van der Waals surface area (Å²) < 4.78 is 24.9. The molecule has 0 unspecified atom stereocenters. The van der Waals surface area contributed by atoms with Crippen LogP contribution in [0.4, 0.5) is 5.69 Å². The minimum Gasteiger partial charge on any atom is -0.336 e. The van der Waals surface area contributed by atoms with E-state index >= 15 is 0 Å². The van der Waals surface area contributed by atoms with Crippen LogP contribution in [0.5, 0.6) is 0 Å². The Balaban J connectivity index is 1.71. The second-order valence-electron chi connectivity index (χ2n) is 6.34. The smallest absolute Gasteiger partial charge is 0.253 e. The minimum absolute atomic E-state index is 0.0974. The molecule has 0 bridgehead atoms. The molecule has 1 aliphatic heterocycles. The summed E-state index contributed by atoms with van der Waals surface area (Å²) in [6.45, 7) is 1.08. The number of benzene rings is 2. The molecule has 2 atom stereocenters. The number of carbonyl (C=O) groups excluding carboxylic acids is 1. The van der Waals surface area contributed by atoms with Crippen LogP contribution in [0, 0.1) is 0 Å². The third kappa shape index (κ3) is 4.18. The van der Waals surface area contributed by atoms with Gasteiger partial charge in [-0.1, -0.05) is 30.3 Å². The molecule has 25 heavy (non-hydrogen) atoms. The molecular weight excluding hydrogens is 338 g/mol. The molecule has 1 saturated heterocycles. The Bertz CT molecular complexity index is 851. The number of carbonyl (C=O) groups is 1. The van der Waals surface area contributed by atoms with Crippen LogP contribution in [-0.2, 0) is 10.0 Å². The summed E-state index contributed by atoms with van der Waals surface area (Å²) >= 11 is 0. The highest BCUT2D eigenvalue weighted by molar-refractivity contribution is 7.92. The molecule has 1 heterocycles. The van der Waals surface area contributed by atoms with Gasteiger partial charge in [-0.25, -0.2) is 8.42 Å². The van der Waals surface area contributed by atoms with E-state index < -0.39 is 10.0 Å². The average Bonchev–Trinajstić information content (AvgIpc) is 2.96. The molecule has 3 N–H and O–H groups in total. The Kier molecular flexibility index (Phi) is 4.78. The van der Waals surface area contributed by atoms with Gasteiger partial charge in [0.25, 0.3) is 5.91 Å². The summed E-state index contributed by atoms with van der Waals surface area (Å²) in [6.07, 6.45) is 1.08. The van der Waals surface area contributed by atoms with Crippen LogP contribution in [0.1, 0.15) is 21.8 Å². The van der Waals surface area contributed by atoms with E-state index in [0.29, 0.717) is 24.3 Å². The van der Waals surface area contributed by atoms with Crippen molar-refractivity contribution in [2.45, 2.75) is 12.0 Å². The van der Waals surface area contributed by atoms with Crippen molar-refractivity contribution in [3.63, 3.8) is 0 Å². The highest BCUT2D eigenvalue weighted by Crippen LogP contribution is 2.27. The Labute approximate surface area is 147 Å². The van der Waals surface area contributed by atoms with Crippen molar-refractivity contribution in [2.24, 2.45) is 5.73 Å². The predicted octanol–water partition coefficient (Wildman–Crippen LogP) is 1.62. The first-order valence-corrected chi connectivity index (χ1v) is 9.90. The fraction of sp³-hybridized carbons (Fsp3) is 0.278. The average molecular weight is 359 g/mol. The van der Waals surface area contributed by atoms with Gasteiger partial charge in [0.1, 0.15) is 0 Å². The van der Waals surface area contributed by atoms with Gasteiger partial charge in [0.05, 0.1) is 6.26 Å². The third-order valence-electron chi connectivity index (χ3n) is 4.32. The number of nitrogens with zero attached hydrogens (tertiary/aromatic N) is 1. The first-order valence-electron chi connectivity index (χ1n) is 8.01. The highest BCUT2D eigenvalue weighted by atomic mass is 32.2. The lowest BCUT2D eigenvalue weighted by atomic mass is 9.95. The van der Waals surface area contributed by atoms with E-state index in [9.17, 15) is 13.2 Å². The number of likely N-dealkylation sites (tertiary alicyclic amines) is 1. The lowest BCUT2D eigenvalue weighted by Crippen LogP contribution is -2.32. The summed E-state index contributed by atoms with van der Waals surface area (Å²) in [5.74, 6) is 0.0242. The monoisotopic (exact) mass is 359 g/mol. The lowest BCUT2D eigenvalue weighted by Gasteiger charge is -2.17. The number of hydrogen-bond donors (Lipinski definition) is 2.